The topological polar surface area (TPSA) is 18.5 Å². The summed E-state index contributed by atoms with van der Waals surface area (Å²) < 4.78 is 11.7. The van der Waals surface area contributed by atoms with E-state index in [0.717, 1.165) is 18.8 Å². The first-order valence-electron chi connectivity index (χ1n) is 6.40. The van der Waals surface area contributed by atoms with E-state index in [4.69, 9.17) is 9.47 Å². The first-order chi connectivity index (χ1) is 7.90. The molecule has 3 unspecified atom stereocenters. The van der Waals surface area contributed by atoms with Crippen molar-refractivity contribution in [2.45, 2.75) is 45.0 Å². The van der Waals surface area contributed by atoms with Crippen LogP contribution in [0.25, 0.3) is 0 Å². The first kappa shape index (κ1) is 12.5. The van der Waals surface area contributed by atoms with E-state index in [0.29, 0.717) is 12.0 Å². The van der Waals surface area contributed by atoms with Crippen LogP contribution in [0.5, 0.6) is 0 Å². The quantitative estimate of drug-likeness (QED) is 0.545. The minimum absolute atomic E-state index is 0.0668. The minimum atomic E-state index is 0.0668. The smallest absolute Gasteiger partial charge is 0.161 e. The summed E-state index contributed by atoms with van der Waals surface area (Å²) in [5.74, 6) is 2.91. The number of hydrogen-bond acceptors (Lipinski definition) is 3. The molecule has 0 amide bonds. The fraction of sp³-hybridized carbons (Fsp3) is 0.846. The fourth-order valence-electron chi connectivity index (χ4n) is 2.23. The molecule has 2 nitrogen and oxygen atoms in total. The van der Waals surface area contributed by atoms with Crippen LogP contribution in [0.2, 0.25) is 0 Å². The lowest BCUT2D eigenvalue weighted by Gasteiger charge is -2.23. The summed E-state index contributed by atoms with van der Waals surface area (Å²) in [7, 11) is 0. The van der Waals surface area contributed by atoms with Gasteiger partial charge in [-0.1, -0.05) is 19.1 Å². The van der Waals surface area contributed by atoms with Crippen LogP contribution in [-0.2, 0) is 9.47 Å². The van der Waals surface area contributed by atoms with Crippen LogP contribution in [0.1, 0.15) is 32.6 Å². The molecule has 0 N–H and O–H groups in total. The van der Waals surface area contributed by atoms with E-state index < -0.39 is 0 Å². The van der Waals surface area contributed by atoms with E-state index in [1.54, 1.807) is 0 Å². The number of ether oxygens (including phenoxy) is 2. The second-order valence-electron chi connectivity index (χ2n) is 4.58. The maximum Gasteiger partial charge on any atom is 0.161 e. The highest BCUT2D eigenvalue weighted by Gasteiger charge is 2.32. The van der Waals surface area contributed by atoms with Crippen LogP contribution in [-0.4, -0.2) is 30.5 Å². The predicted octanol–water partition coefficient (Wildman–Crippen LogP) is 3.23. The Morgan fingerprint density at radius 1 is 1.38 bits per heavy atom. The highest BCUT2D eigenvalue weighted by Crippen LogP contribution is 2.29. The number of rotatable bonds is 5. The number of thioether (sulfide) groups is 1. The average Bonchev–Trinajstić information content (AvgIpc) is 2.79. The molecule has 0 aromatic carbocycles. The SMILES string of the molecule is CCCSCC1COC(C2CC=CCC2)O1. The summed E-state index contributed by atoms with van der Waals surface area (Å²) >= 11 is 1.98. The van der Waals surface area contributed by atoms with Crippen molar-refractivity contribution < 1.29 is 9.47 Å². The molecule has 1 saturated heterocycles. The molecule has 3 heteroatoms. The summed E-state index contributed by atoms with van der Waals surface area (Å²) in [5.41, 5.74) is 0. The Morgan fingerprint density at radius 3 is 3.06 bits per heavy atom. The molecule has 2 aliphatic rings. The number of hydrogen-bond donors (Lipinski definition) is 0. The first-order valence-corrected chi connectivity index (χ1v) is 7.55. The Kier molecular flexibility index (Phi) is 5.20. The average molecular weight is 242 g/mol. The maximum absolute atomic E-state index is 5.97. The third-order valence-electron chi connectivity index (χ3n) is 3.12. The van der Waals surface area contributed by atoms with Crippen LogP contribution >= 0.6 is 11.8 Å². The Balaban J connectivity index is 1.68. The van der Waals surface area contributed by atoms with Gasteiger partial charge in [0.15, 0.2) is 6.29 Å². The van der Waals surface area contributed by atoms with Gasteiger partial charge in [-0.3, -0.25) is 0 Å². The van der Waals surface area contributed by atoms with Crippen molar-refractivity contribution in [1.29, 1.82) is 0 Å². The second-order valence-corrected chi connectivity index (χ2v) is 5.73. The lowest BCUT2D eigenvalue weighted by Crippen LogP contribution is -2.24. The largest absolute Gasteiger partial charge is 0.350 e. The minimum Gasteiger partial charge on any atom is -0.350 e. The van der Waals surface area contributed by atoms with Gasteiger partial charge in [0.25, 0.3) is 0 Å². The van der Waals surface area contributed by atoms with Gasteiger partial charge in [0, 0.05) is 11.7 Å². The molecule has 0 aromatic rings. The zero-order chi connectivity index (χ0) is 11.2. The monoisotopic (exact) mass is 242 g/mol. The molecule has 2 rings (SSSR count). The maximum atomic E-state index is 5.97. The third kappa shape index (κ3) is 3.51. The van der Waals surface area contributed by atoms with E-state index in [2.05, 4.69) is 19.1 Å². The summed E-state index contributed by atoms with van der Waals surface area (Å²) in [6.07, 6.45) is 9.69. The molecule has 1 aliphatic carbocycles. The zero-order valence-corrected chi connectivity index (χ0v) is 10.9. The second kappa shape index (κ2) is 6.67. The highest BCUT2D eigenvalue weighted by atomic mass is 32.2. The summed E-state index contributed by atoms with van der Waals surface area (Å²) in [6.45, 7) is 3.01. The van der Waals surface area contributed by atoms with Gasteiger partial charge < -0.3 is 9.47 Å². The van der Waals surface area contributed by atoms with Crippen LogP contribution < -0.4 is 0 Å². The van der Waals surface area contributed by atoms with Crippen molar-refractivity contribution in [3.05, 3.63) is 12.2 Å². The van der Waals surface area contributed by atoms with Gasteiger partial charge in [-0.2, -0.15) is 11.8 Å². The highest BCUT2D eigenvalue weighted by molar-refractivity contribution is 7.99. The van der Waals surface area contributed by atoms with Gasteiger partial charge in [-0.15, -0.1) is 0 Å². The van der Waals surface area contributed by atoms with Gasteiger partial charge in [-0.05, 0) is 31.4 Å². The third-order valence-corrected chi connectivity index (χ3v) is 4.42. The van der Waals surface area contributed by atoms with Crippen molar-refractivity contribution in [3.8, 4) is 0 Å². The van der Waals surface area contributed by atoms with Crippen LogP contribution in [0.4, 0.5) is 0 Å². The Bertz CT molecular complexity index is 230. The zero-order valence-electron chi connectivity index (χ0n) is 10.1. The molecule has 1 heterocycles. The van der Waals surface area contributed by atoms with Gasteiger partial charge in [-0.25, -0.2) is 0 Å². The van der Waals surface area contributed by atoms with Crippen molar-refractivity contribution in [3.63, 3.8) is 0 Å². The Morgan fingerprint density at radius 2 is 2.31 bits per heavy atom. The summed E-state index contributed by atoms with van der Waals surface area (Å²) in [6, 6.07) is 0. The Hall–Kier alpha value is 0.01000. The lowest BCUT2D eigenvalue weighted by atomic mass is 9.94. The van der Waals surface area contributed by atoms with Gasteiger partial charge in [0.2, 0.25) is 0 Å². The van der Waals surface area contributed by atoms with Crippen LogP contribution in [0.15, 0.2) is 12.2 Å². The molecular weight excluding hydrogens is 220 g/mol. The van der Waals surface area contributed by atoms with Crippen LogP contribution in [0, 0.1) is 5.92 Å². The van der Waals surface area contributed by atoms with Crippen molar-refractivity contribution in [1.82, 2.24) is 0 Å². The van der Waals surface area contributed by atoms with E-state index in [-0.39, 0.29) is 6.29 Å². The molecule has 0 saturated carbocycles. The molecule has 0 bridgehead atoms. The fourth-order valence-corrected chi connectivity index (χ4v) is 3.12. The lowest BCUT2D eigenvalue weighted by molar-refractivity contribution is -0.0953. The summed E-state index contributed by atoms with van der Waals surface area (Å²) in [4.78, 5) is 0. The molecular formula is C13H22O2S. The molecule has 16 heavy (non-hydrogen) atoms. The van der Waals surface area contributed by atoms with Gasteiger partial charge >= 0.3 is 0 Å². The predicted molar refractivity (Wildman–Crippen MR) is 68.7 cm³/mol. The molecule has 1 aliphatic heterocycles. The number of allylic oxidation sites excluding steroid dienone is 2. The Labute approximate surface area is 103 Å². The summed E-state index contributed by atoms with van der Waals surface area (Å²) in [5, 5.41) is 0. The molecule has 92 valence electrons. The van der Waals surface area contributed by atoms with E-state index in [1.165, 1.54) is 25.0 Å². The molecule has 0 spiro atoms. The van der Waals surface area contributed by atoms with Crippen molar-refractivity contribution in [2.75, 3.05) is 18.1 Å². The molecule has 3 atom stereocenters. The normalized spacial score (nSPS) is 34.4. The van der Waals surface area contributed by atoms with Gasteiger partial charge in [0.05, 0.1) is 12.7 Å². The van der Waals surface area contributed by atoms with Crippen molar-refractivity contribution >= 4 is 11.8 Å². The molecule has 1 fully saturated rings. The van der Waals surface area contributed by atoms with E-state index in [1.807, 2.05) is 11.8 Å². The van der Waals surface area contributed by atoms with E-state index in [9.17, 15) is 0 Å². The van der Waals surface area contributed by atoms with Gasteiger partial charge in [0.1, 0.15) is 0 Å². The van der Waals surface area contributed by atoms with Crippen molar-refractivity contribution in [2.24, 2.45) is 5.92 Å². The van der Waals surface area contributed by atoms with E-state index >= 15 is 0 Å². The standard InChI is InChI=1S/C13H22O2S/c1-2-8-16-10-12-9-14-13(15-12)11-6-4-3-5-7-11/h3-4,11-13H,2,5-10H2,1H3. The van der Waals surface area contributed by atoms with Crippen LogP contribution in [0.3, 0.4) is 0 Å². The molecule has 0 aromatic heterocycles. The molecule has 0 radical (unpaired) electrons.